The molecule has 0 atom stereocenters. The highest BCUT2D eigenvalue weighted by Gasteiger charge is 2.24. The van der Waals surface area contributed by atoms with Gasteiger partial charge in [-0.2, -0.15) is 0 Å². The number of aliphatic hydroxyl groups is 1. The van der Waals surface area contributed by atoms with Crippen molar-refractivity contribution in [2.75, 3.05) is 7.11 Å². The number of hydrogen-bond acceptors (Lipinski definition) is 3. The third kappa shape index (κ3) is 1.74. The summed E-state index contributed by atoms with van der Waals surface area (Å²) in [4.78, 5) is 11.7. The summed E-state index contributed by atoms with van der Waals surface area (Å²) in [6, 6.07) is 11.8. The van der Waals surface area contributed by atoms with E-state index in [4.69, 9.17) is 4.74 Å². The minimum Gasteiger partial charge on any atom is -0.465 e. The fraction of sp³-hybridized carbons (Fsp3) is 0.188. The van der Waals surface area contributed by atoms with E-state index in [0.717, 1.165) is 17.5 Å². The molecule has 96 valence electrons. The zero-order valence-electron chi connectivity index (χ0n) is 10.6. The molecule has 3 nitrogen and oxygen atoms in total. The van der Waals surface area contributed by atoms with E-state index >= 15 is 0 Å². The number of fused-ring (bicyclic) bond motifs is 3. The fourth-order valence-electron chi connectivity index (χ4n) is 2.76. The van der Waals surface area contributed by atoms with Crippen LogP contribution in [0.1, 0.15) is 27.0 Å². The van der Waals surface area contributed by atoms with Gasteiger partial charge in [-0.15, -0.1) is 0 Å². The maximum absolute atomic E-state index is 11.7. The Labute approximate surface area is 111 Å². The van der Waals surface area contributed by atoms with Crippen LogP contribution in [0.2, 0.25) is 0 Å². The number of carbonyl (C=O) groups is 1. The Hall–Kier alpha value is -2.13. The largest absolute Gasteiger partial charge is 0.465 e. The van der Waals surface area contributed by atoms with Gasteiger partial charge in [-0.3, -0.25) is 0 Å². The highest BCUT2D eigenvalue weighted by atomic mass is 16.5. The lowest BCUT2D eigenvalue weighted by atomic mass is 9.96. The van der Waals surface area contributed by atoms with Crippen molar-refractivity contribution in [1.82, 2.24) is 0 Å². The van der Waals surface area contributed by atoms with Crippen molar-refractivity contribution in [3.8, 4) is 11.1 Å². The van der Waals surface area contributed by atoms with Gasteiger partial charge in [0.1, 0.15) is 0 Å². The summed E-state index contributed by atoms with van der Waals surface area (Å²) in [5, 5.41) is 9.60. The topological polar surface area (TPSA) is 46.5 Å². The molecule has 0 spiro atoms. The number of carbonyl (C=O) groups excluding carboxylic acids is 1. The molecule has 0 aromatic heterocycles. The minimum absolute atomic E-state index is 0.151. The third-order valence-corrected chi connectivity index (χ3v) is 3.67. The Morgan fingerprint density at radius 2 is 2.00 bits per heavy atom. The highest BCUT2D eigenvalue weighted by Crippen LogP contribution is 2.39. The van der Waals surface area contributed by atoms with E-state index in [1.54, 1.807) is 6.07 Å². The van der Waals surface area contributed by atoms with Gasteiger partial charge >= 0.3 is 5.97 Å². The summed E-state index contributed by atoms with van der Waals surface area (Å²) in [7, 11) is 1.35. The zero-order valence-corrected chi connectivity index (χ0v) is 10.6. The van der Waals surface area contributed by atoms with Gasteiger partial charge in [-0.05, 0) is 40.3 Å². The van der Waals surface area contributed by atoms with Crippen molar-refractivity contribution in [2.45, 2.75) is 13.0 Å². The van der Waals surface area contributed by atoms with E-state index in [0.29, 0.717) is 11.1 Å². The van der Waals surface area contributed by atoms with Gasteiger partial charge < -0.3 is 9.84 Å². The van der Waals surface area contributed by atoms with Crippen molar-refractivity contribution < 1.29 is 14.6 Å². The monoisotopic (exact) mass is 254 g/mol. The molecule has 0 radical (unpaired) electrons. The Morgan fingerprint density at radius 3 is 2.74 bits per heavy atom. The molecule has 0 aliphatic heterocycles. The first kappa shape index (κ1) is 11.9. The van der Waals surface area contributed by atoms with Gasteiger partial charge in [0.05, 0.1) is 19.3 Å². The van der Waals surface area contributed by atoms with E-state index in [1.165, 1.54) is 18.2 Å². The molecule has 0 saturated heterocycles. The van der Waals surface area contributed by atoms with Gasteiger partial charge in [-0.25, -0.2) is 4.79 Å². The van der Waals surface area contributed by atoms with Crippen LogP contribution in [-0.2, 0) is 17.8 Å². The normalized spacial score (nSPS) is 11.9. The summed E-state index contributed by atoms with van der Waals surface area (Å²) in [5.41, 5.74) is 5.69. The Kier molecular flexibility index (Phi) is 2.84. The number of esters is 1. The molecule has 0 fully saturated rings. The average Bonchev–Trinajstić information content (AvgIpc) is 2.84. The van der Waals surface area contributed by atoms with Crippen LogP contribution in [0.15, 0.2) is 36.4 Å². The SMILES string of the molecule is COC(=O)c1ccc2c(c1CO)Cc1ccccc1-2. The van der Waals surface area contributed by atoms with Crippen LogP contribution in [0.3, 0.4) is 0 Å². The van der Waals surface area contributed by atoms with E-state index in [2.05, 4.69) is 12.1 Å². The molecule has 1 aliphatic rings. The number of methoxy groups -OCH3 is 1. The first-order chi connectivity index (χ1) is 9.26. The first-order valence-electron chi connectivity index (χ1n) is 6.18. The second-order valence-corrected chi connectivity index (χ2v) is 4.60. The minimum atomic E-state index is -0.400. The number of rotatable bonds is 2. The molecule has 3 rings (SSSR count). The molecule has 3 heteroatoms. The lowest BCUT2D eigenvalue weighted by Crippen LogP contribution is -2.08. The quantitative estimate of drug-likeness (QED) is 0.715. The van der Waals surface area contributed by atoms with Crippen LogP contribution < -0.4 is 0 Å². The fourth-order valence-corrected chi connectivity index (χ4v) is 2.76. The van der Waals surface area contributed by atoms with E-state index < -0.39 is 5.97 Å². The lowest BCUT2D eigenvalue weighted by molar-refractivity contribution is 0.0597. The Balaban J connectivity index is 2.20. The van der Waals surface area contributed by atoms with Gasteiger partial charge in [-0.1, -0.05) is 30.3 Å². The maximum Gasteiger partial charge on any atom is 0.338 e. The van der Waals surface area contributed by atoms with Crippen LogP contribution in [0, 0.1) is 0 Å². The highest BCUT2D eigenvalue weighted by molar-refractivity contribution is 5.93. The van der Waals surface area contributed by atoms with Crippen LogP contribution in [0.4, 0.5) is 0 Å². The molecule has 0 bridgehead atoms. The molecular weight excluding hydrogens is 240 g/mol. The molecule has 1 aliphatic carbocycles. The Morgan fingerprint density at radius 1 is 1.21 bits per heavy atom. The molecule has 1 N–H and O–H groups in total. The van der Waals surface area contributed by atoms with Crippen molar-refractivity contribution in [3.63, 3.8) is 0 Å². The third-order valence-electron chi connectivity index (χ3n) is 3.67. The number of aliphatic hydroxyl groups excluding tert-OH is 1. The molecule has 2 aromatic rings. The second kappa shape index (κ2) is 4.52. The smallest absolute Gasteiger partial charge is 0.338 e. The van der Waals surface area contributed by atoms with E-state index in [1.807, 2.05) is 18.2 Å². The molecule has 0 saturated carbocycles. The van der Waals surface area contributed by atoms with Gasteiger partial charge in [0, 0.05) is 0 Å². The second-order valence-electron chi connectivity index (χ2n) is 4.60. The summed E-state index contributed by atoms with van der Waals surface area (Å²) in [6.07, 6.45) is 0.756. The van der Waals surface area contributed by atoms with Crippen molar-refractivity contribution in [2.24, 2.45) is 0 Å². The maximum atomic E-state index is 11.7. The average molecular weight is 254 g/mol. The molecule has 19 heavy (non-hydrogen) atoms. The van der Waals surface area contributed by atoms with Crippen LogP contribution in [-0.4, -0.2) is 18.2 Å². The van der Waals surface area contributed by atoms with Crippen molar-refractivity contribution in [3.05, 3.63) is 58.7 Å². The first-order valence-corrected chi connectivity index (χ1v) is 6.18. The molecule has 0 unspecified atom stereocenters. The lowest BCUT2D eigenvalue weighted by Gasteiger charge is -2.11. The summed E-state index contributed by atoms with van der Waals surface area (Å²) in [5.74, 6) is -0.400. The van der Waals surface area contributed by atoms with E-state index in [-0.39, 0.29) is 6.61 Å². The number of benzene rings is 2. The predicted molar refractivity (Wildman–Crippen MR) is 71.9 cm³/mol. The Bertz CT molecular complexity index is 659. The summed E-state index contributed by atoms with van der Waals surface area (Å²) >= 11 is 0. The van der Waals surface area contributed by atoms with Crippen LogP contribution >= 0.6 is 0 Å². The number of hydrogen-bond donors (Lipinski definition) is 1. The molecule has 0 heterocycles. The molecule has 0 amide bonds. The zero-order chi connectivity index (χ0) is 13.4. The summed E-state index contributed by atoms with van der Waals surface area (Å²) < 4.78 is 4.77. The van der Waals surface area contributed by atoms with Gasteiger partial charge in [0.2, 0.25) is 0 Å². The number of ether oxygens (including phenoxy) is 1. The van der Waals surface area contributed by atoms with E-state index in [9.17, 15) is 9.90 Å². The van der Waals surface area contributed by atoms with Crippen LogP contribution in [0.5, 0.6) is 0 Å². The van der Waals surface area contributed by atoms with Gasteiger partial charge in [0.25, 0.3) is 0 Å². The predicted octanol–water partition coefficient (Wildman–Crippen LogP) is 2.54. The van der Waals surface area contributed by atoms with Crippen molar-refractivity contribution in [1.29, 1.82) is 0 Å². The summed E-state index contributed by atoms with van der Waals surface area (Å²) in [6.45, 7) is -0.151. The van der Waals surface area contributed by atoms with Crippen molar-refractivity contribution >= 4 is 5.97 Å². The standard InChI is InChI=1S/C16H14O3/c1-19-16(18)13-7-6-12-11-5-3-2-4-10(11)8-14(12)15(13)9-17/h2-7,17H,8-9H2,1H3. The molecule has 2 aromatic carbocycles. The molecular formula is C16H14O3. The van der Waals surface area contributed by atoms with Crippen LogP contribution in [0.25, 0.3) is 11.1 Å². The van der Waals surface area contributed by atoms with Gasteiger partial charge in [0.15, 0.2) is 0 Å².